The average molecular weight is 182 g/mol. The van der Waals surface area contributed by atoms with E-state index in [1.54, 1.807) is 0 Å². The second-order valence-electron chi connectivity index (χ2n) is 3.63. The molecule has 1 atom stereocenters. The molecule has 0 aliphatic rings. The molecule has 1 rings (SSSR count). The zero-order chi connectivity index (χ0) is 9.84. The van der Waals surface area contributed by atoms with Crippen molar-refractivity contribution in [1.29, 1.82) is 0 Å². The fourth-order valence-corrected chi connectivity index (χ4v) is 0.985. The summed E-state index contributed by atoms with van der Waals surface area (Å²) in [5.41, 5.74) is 5.61. The first-order chi connectivity index (χ1) is 6.09. The molecule has 0 fully saturated rings. The first-order valence-electron chi connectivity index (χ1n) is 4.64. The van der Waals surface area contributed by atoms with Gasteiger partial charge in [0.05, 0.1) is 0 Å². The molecule has 13 heavy (non-hydrogen) atoms. The number of hydrogen-bond acceptors (Lipinski definition) is 3. The molecular formula is C9H18N4. The standard InChI is InChI=1S/C9H18N4/c1-7(2)13-5-4-9(12-13)11-6-8(3)10/h4-5,7-8H,6,10H2,1-3H3,(H,11,12). The zero-order valence-electron chi connectivity index (χ0n) is 8.49. The minimum absolute atomic E-state index is 0.157. The summed E-state index contributed by atoms with van der Waals surface area (Å²) in [5, 5.41) is 7.49. The van der Waals surface area contributed by atoms with Crippen LogP contribution in [-0.2, 0) is 0 Å². The molecule has 3 N–H and O–H groups in total. The van der Waals surface area contributed by atoms with Crippen LogP contribution in [0.5, 0.6) is 0 Å². The third-order valence-electron chi connectivity index (χ3n) is 1.74. The minimum Gasteiger partial charge on any atom is -0.367 e. The highest BCUT2D eigenvalue weighted by molar-refractivity contribution is 5.32. The molecular weight excluding hydrogens is 164 g/mol. The van der Waals surface area contributed by atoms with Gasteiger partial charge in [0.2, 0.25) is 0 Å². The molecule has 4 heteroatoms. The number of nitrogens with one attached hydrogen (secondary N) is 1. The monoisotopic (exact) mass is 182 g/mol. The van der Waals surface area contributed by atoms with E-state index in [4.69, 9.17) is 5.73 Å². The van der Waals surface area contributed by atoms with Crippen LogP contribution in [0.25, 0.3) is 0 Å². The van der Waals surface area contributed by atoms with Crippen LogP contribution in [0.3, 0.4) is 0 Å². The lowest BCUT2D eigenvalue weighted by molar-refractivity contribution is 0.533. The first-order valence-corrected chi connectivity index (χ1v) is 4.64. The van der Waals surface area contributed by atoms with Crippen molar-refractivity contribution in [2.45, 2.75) is 32.9 Å². The van der Waals surface area contributed by atoms with Gasteiger partial charge in [0.15, 0.2) is 0 Å². The molecule has 0 aliphatic carbocycles. The number of nitrogens with zero attached hydrogens (tertiary/aromatic N) is 2. The Balaban J connectivity index is 2.49. The van der Waals surface area contributed by atoms with Crippen molar-refractivity contribution in [3.05, 3.63) is 12.3 Å². The summed E-state index contributed by atoms with van der Waals surface area (Å²) in [6.07, 6.45) is 1.97. The molecule has 1 heterocycles. The predicted octanol–water partition coefficient (Wildman–Crippen LogP) is 1.22. The van der Waals surface area contributed by atoms with Crippen LogP contribution in [0.2, 0.25) is 0 Å². The molecule has 74 valence electrons. The van der Waals surface area contributed by atoms with Gasteiger partial charge in [0.25, 0.3) is 0 Å². The van der Waals surface area contributed by atoms with Gasteiger partial charge in [0.1, 0.15) is 5.82 Å². The van der Waals surface area contributed by atoms with Gasteiger partial charge in [-0.05, 0) is 20.8 Å². The molecule has 4 nitrogen and oxygen atoms in total. The van der Waals surface area contributed by atoms with Gasteiger partial charge in [0, 0.05) is 30.9 Å². The van der Waals surface area contributed by atoms with E-state index < -0.39 is 0 Å². The van der Waals surface area contributed by atoms with Gasteiger partial charge in [-0.3, -0.25) is 4.68 Å². The second-order valence-corrected chi connectivity index (χ2v) is 3.63. The normalized spacial score (nSPS) is 13.3. The van der Waals surface area contributed by atoms with E-state index in [2.05, 4.69) is 24.3 Å². The summed E-state index contributed by atoms with van der Waals surface area (Å²) in [6.45, 7) is 6.92. The van der Waals surface area contributed by atoms with E-state index in [1.165, 1.54) is 0 Å². The SMILES string of the molecule is CC(N)CNc1ccn(C(C)C)n1. The predicted molar refractivity (Wildman–Crippen MR) is 54.8 cm³/mol. The minimum atomic E-state index is 0.157. The van der Waals surface area contributed by atoms with E-state index >= 15 is 0 Å². The fourth-order valence-electron chi connectivity index (χ4n) is 0.985. The number of nitrogens with two attached hydrogens (primary N) is 1. The molecule has 0 amide bonds. The summed E-state index contributed by atoms with van der Waals surface area (Å²) in [5.74, 6) is 0.894. The van der Waals surface area contributed by atoms with Crippen molar-refractivity contribution in [3.8, 4) is 0 Å². The van der Waals surface area contributed by atoms with Crippen molar-refractivity contribution in [1.82, 2.24) is 9.78 Å². The number of rotatable bonds is 4. The Morgan fingerprint density at radius 2 is 2.23 bits per heavy atom. The van der Waals surface area contributed by atoms with Crippen LogP contribution in [-0.4, -0.2) is 22.4 Å². The Labute approximate surface area is 79.1 Å². The molecule has 0 spiro atoms. The maximum Gasteiger partial charge on any atom is 0.148 e. The smallest absolute Gasteiger partial charge is 0.148 e. The van der Waals surface area contributed by atoms with Crippen LogP contribution in [0.4, 0.5) is 5.82 Å². The maximum absolute atomic E-state index is 5.61. The van der Waals surface area contributed by atoms with E-state index in [1.807, 2.05) is 23.9 Å². The van der Waals surface area contributed by atoms with Crippen molar-refractivity contribution < 1.29 is 0 Å². The van der Waals surface area contributed by atoms with Crippen molar-refractivity contribution in [3.63, 3.8) is 0 Å². The Kier molecular flexibility index (Phi) is 3.31. The Hall–Kier alpha value is -1.03. The van der Waals surface area contributed by atoms with Crippen LogP contribution in [0.15, 0.2) is 12.3 Å². The van der Waals surface area contributed by atoms with Crippen LogP contribution in [0, 0.1) is 0 Å². The Morgan fingerprint density at radius 1 is 1.54 bits per heavy atom. The molecule has 0 aromatic carbocycles. The van der Waals surface area contributed by atoms with Crippen molar-refractivity contribution >= 4 is 5.82 Å². The lowest BCUT2D eigenvalue weighted by Gasteiger charge is -2.06. The van der Waals surface area contributed by atoms with Gasteiger partial charge in [-0.1, -0.05) is 0 Å². The molecule has 1 aromatic heterocycles. The summed E-state index contributed by atoms with van der Waals surface area (Å²) in [4.78, 5) is 0. The topological polar surface area (TPSA) is 55.9 Å². The van der Waals surface area contributed by atoms with Gasteiger partial charge in [-0.15, -0.1) is 0 Å². The number of aromatic nitrogens is 2. The fraction of sp³-hybridized carbons (Fsp3) is 0.667. The quantitative estimate of drug-likeness (QED) is 0.736. The van der Waals surface area contributed by atoms with Crippen LogP contribution in [0.1, 0.15) is 26.8 Å². The lowest BCUT2D eigenvalue weighted by atomic mass is 10.4. The van der Waals surface area contributed by atoms with Gasteiger partial charge in [-0.25, -0.2) is 0 Å². The highest BCUT2D eigenvalue weighted by Gasteiger charge is 2.01. The van der Waals surface area contributed by atoms with Crippen molar-refractivity contribution in [2.24, 2.45) is 5.73 Å². The molecule has 0 saturated heterocycles. The average Bonchev–Trinajstić information content (AvgIpc) is 2.48. The second kappa shape index (κ2) is 4.28. The zero-order valence-corrected chi connectivity index (χ0v) is 8.49. The lowest BCUT2D eigenvalue weighted by Crippen LogP contribution is -2.25. The first kappa shape index (κ1) is 10.1. The van der Waals surface area contributed by atoms with Crippen LogP contribution < -0.4 is 11.1 Å². The van der Waals surface area contributed by atoms with Gasteiger partial charge in [-0.2, -0.15) is 5.10 Å². The highest BCUT2D eigenvalue weighted by atomic mass is 15.3. The highest BCUT2D eigenvalue weighted by Crippen LogP contribution is 2.07. The molecule has 0 aliphatic heterocycles. The van der Waals surface area contributed by atoms with E-state index in [9.17, 15) is 0 Å². The van der Waals surface area contributed by atoms with Crippen LogP contribution >= 0.6 is 0 Å². The third-order valence-corrected chi connectivity index (χ3v) is 1.74. The summed E-state index contributed by atoms with van der Waals surface area (Å²) < 4.78 is 1.92. The molecule has 0 bridgehead atoms. The Bertz CT molecular complexity index is 252. The summed E-state index contributed by atoms with van der Waals surface area (Å²) in [7, 11) is 0. The van der Waals surface area contributed by atoms with E-state index in [0.717, 1.165) is 12.4 Å². The van der Waals surface area contributed by atoms with E-state index in [0.29, 0.717) is 6.04 Å². The molecule has 1 aromatic rings. The van der Waals surface area contributed by atoms with Gasteiger partial charge < -0.3 is 11.1 Å². The molecule has 0 saturated carbocycles. The number of anilines is 1. The van der Waals surface area contributed by atoms with Crippen molar-refractivity contribution in [2.75, 3.05) is 11.9 Å². The maximum atomic E-state index is 5.61. The summed E-state index contributed by atoms with van der Waals surface area (Å²) >= 11 is 0. The molecule has 1 unspecified atom stereocenters. The number of hydrogen-bond donors (Lipinski definition) is 2. The largest absolute Gasteiger partial charge is 0.367 e. The third kappa shape index (κ3) is 3.06. The summed E-state index contributed by atoms with van der Waals surface area (Å²) in [6, 6.07) is 2.53. The van der Waals surface area contributed by atoms with E-state index in [-0.39, 0.29) is 6.04 Å². The Morgan fingerprint density at radius 3 is 2.69 bits per heavy atom. The van der Waals surface area contributed by atoms with Gasteiger partial charge >= 0.3 is 0 Å². The molecule has 0 radical (unpaired) electrons.